The number of likely N-dealkylation sites (tertiary alicyclic amines) is 2. The molecule has 4 rings (SSSR count). The molecule has 46 heavy (non-hydrogen) atoms. The van der Waals surface area contributed by atoms with Gasteiger partial charge >= 0.3 is 0 Å². The molecular weight excluding hydrogens is 672 g/mol. The van der Waals surface area contributed by atoms with Crippen LogP contribution >= 0.6 is 46.4 Å². The van der Waals surface area contributed by atoms with Crippen molar-refractivity contribution in [2.45, 2.75) is 50.5 Å². The first kappa shape index (κ1) is 36.3. The number of halogens is 4. The van der Waals surface area contributed by atoms with E-state index in [0.29, 0.717) is 37.8 Å². The summed E-state index contributed by atoms with van der Waals surface area (Å²) in [5.41, 5.74) is 1.94. The molecule has 3 amide bonds. The number of hydrogen-bond donors (Lipinski definition) is 1. The van der Waals surface area contributed by atoms with Crippen LogP contribution in [0.5, 0.6) is 0 Å². The minimum Gasteiger partial charge on any atom is -0.399 e. The Morgan fingerprint density at radius 3 is 2.35 bits per heavy atom. The Labute approximate surface area is 291 Å². The van der Waals surface area contributed by atoms with E-state index in [1.165, 1.54) is 7.11 Å². The van der Waals surface area contributed by atoms with Crippen molar-refractivity contribution in [2.75, 3.05) is 53.9 Å². The standard InChI is InChI=1S/C33H41Cl4N5O4/c1-38-31(43)18-22-5-4-11-42(33(22)45)26-8-12-41(13-9-26)14-10-27(21-6-7-28(36)29(37)17-21)30(39-46-3)20-40(2)32(44)23-15-24(34)19-25(35)16-23/h6-7,15-17,19,22,26-27H,4-5,8-14,18,20H2,1-3H3,(H,38,43)/b39-30-/t22?,27-/m1/s1. The third-order valence-corrected chi connectivity index (χ3v) is 10.0. The summed E-state index contributed by atoms with van der Waals surface area (Å²) >= 11 is 25.0. The lowest BCUT2D eigenvalue weighted by Crippen LogP contribution is -2.52. The normalized spacial score (nSPS) is 18.8. The quantitative estimate of drug-likeness (QED) is 0.204. The van der Waals surface area contributed by atoms with Crippen LogP contribution in [-0.4, -0.2) is 98.1 Å². The summed E-state index contributed by atoms with van der Waals surface area (Å²) in [7, 11) is 4.78. The highest BCUT2D eigenvalue weighted by molar-refractivity contribution is 6.42. The molecule has 2 heterocycles. The zero-order chi connectivity index (χ0) is 33.4. The highest BCUT2D eigenvalue weighted by Gasteiger charge is 2.36. The van der Waals surface area contributed by atoms with Gasteiger partial charge in [0.1, 0.15) is 7.11 Å². The first-order chi connectivity index (χ1) is 22.0. The Bertz CT molecular complexity index is 1410. The van der Waals surface area contributed by atoms with Crippen LogP contribution in [0.25, 0.3) is 0 Å². The summed E-state index contributed by atoms with van der Waals surface area (Å²) in [5, 5.41) is 8.66. The fourth-order valence-electron chi connectivity index (χ4n) is 6.41. The maximum atomic E-state index is 13.3. The fraction of sp³-hybridized carbons (Fsp3) is 0.515. The number of piperidine rings is 2. The summed E-state index contributed by atoms with van der Waals surface area (Å²) in [6.07, 6.45) is 4.35. The van der Waals surface area contributed by atoms with E-state index >= 15 is 0 Å². The van der Waals surface area contributed by atoms with Gasteiger partial charge in [-0.1, -0.05) is 57.6 Å². The predicted molar refractivity (Wildman–Crippen MR) is 184 cm³/mol. The zero-order valence-corrected chi connectivity index (χ0v) is 29.4. The van der Waals surface area contributed by atoms with Crippen molar-refractivity contribution in [2.24, 2.45) is 11.1 Å². The van der Waals surface area contributed by atoms with E-state index in [9.17, 15) is 14.4 Å². The molecule has 250 valence electrons. The van der Waals surface area contributed by atoms with E-state index in [1.807, 2.05) is 17.0 Å². The van der Waals surface area contributed by atoms with Crippen LogP contribution in [0.4, 0.5) is 0 Å². The molecule has 2 aliphatic rings. The van der Waals surface area contributed by atoms with Gasteiger partial charge < -0.3 is 24.9 Å². The minimum absolute atomic E-state index is 0.0904. The molecule has 9 nitrogen and oxygen atoms in total. The number of nitrogens with zero attached hydrogens (tertiary/aromatic N) is 4. The average molecular weight is 714 g/mol. The third-order valence-electron chi connectivity index (χ3n) is 8.84. The molecule has 2 atom stereocenters. The first-order valence-electron chi connectivity index (χ1n) is 15.5. The van der Waals surface area contributed by atoms with Crippen molar-refractivity contribution < 1.29 is 19.2 Å². The molecule has 0 aliphatic carbocycles. The molecule has 2 fully saturated rings. The average Bonchev–Trinajstić information content (AvgIpc) is 3.03. The molecule has 13 heteroatoms. The van der Waals surface area contributed by atoms with E-state index in [0.717, 1.165) is 57.4 Å². The van der Waals surface area contributed by atoms with Gasteiger partial charge in [0.2, 0.25) is 11.8 Å². The van der Waals surface area contributed by atoms with Crippen molar-refractivity contribution in [3.63, 3.8) is 0 Å². The first-order valence-corrected chi connectivity index (χ1v) is 17.0. The van der Waals surface area contributed by atoms with Gasteiger partial charge in [-0.25, -0.2) is 0 Å². The van der Waals surface area contributed by atoms with E-state index in [4.69, 9.17) is 51.2 Å². The molecule has 1 unspecified atom stereocenters. The molecule has 0 saturated carbocycles. The second-order valence-corrected chi connectivity index (χ2v) is 13.6. The predicted octanol–water partition coefficient (Wildman–Crippen LogP) is 6.39. The largest absolute Gasteiger partial charge is 0.399 e. The van der Waals surface area contributed by atoms with Gasteiger partial charge in [-0.05, 0) is 74.5 Å². The van der Waals surface area contributed by atoms with Crippen molar-refractivity contribution in [3.8, 4) is 0 Å². The zero-order valence-electron chi connectivity index (χ0n) is 26.4. The van der Waals surface area contributed by atoms with Crippen LogP contribution in [0.1, 0.15) is 60.4 Å². The van der Waals surface area contributed by atoms with E-state index < -0.39 is 0 Å². The number of amides is 3. The third kappa shape index (κ3) is 9.50. The van der Waals surface area contributed by atoms with E-state index in [2.05, 4.69) is 15.4 Å². The maximum Gasteiger partial charge on any atom is 0.254 e. The number of hydrogen-bond acceptors (Lipinski definition) is 6. The summed E-state index contributed by atoms with van der Waals surface area (Å²) in [5.74, 6) is -0.703. The Balaban J connectivity index is 1.44. The summed E-state index contributed by atoms with van der Waals surface area (Å²) in [6.45, 7) is 3.38. The number of oxime groups is 1. The molecule has 1 N–H and O–H groups in total. The van der Waals surface area contributed by atoms with Crippen LogP contribution < -0.4 is 5.32 Å². The van der Waals surface area contributed by atoms with Crippen molar-refractivity contribution >= 4 is 69.8 Å². The number of nitrogens with one attached hydrogen (secondary N) is 1. The Kier molecular flexibility index (Phi) is 13.4. The lowest BCUT2D eigenvalue weighted by molar-refractivity contribution is -0.144. The summed E-state index contributed by atoms with van der Waals surface area (Å²) in [4.78, 5) is 49.7. The molecule has 2 aromatic carbocycles. The second-order valence-electron chi connectivity index (χ2n) is 11.9. The summed E-state index contributed by atoms with van der Waals surface area (Å²) < 4.78 is 0. The van der Waals surface area contributed by atoms with Gasteiger partial charge in [0.15, 0.2) is 0 Å². The molecule has 2 saturated heterocycles. The van der Waals surface area contributed by atoms with Crippen LogP contribution in [0.2, 0.25) is 20.1 Å². The maximum absolute atomic E-state index is 13.3. The molecule has 0 aromatic heterocycles. The lowest BCUT2D eigenvalue weighted by atomic mass is 9.89. The highest BCUT2D eigenvalue weighted by atomic mass is 35.5. The Morgan fingerprint density at radius 1 is 1.02 bits per heavy atom. The van der Waals surface area contributed by atoms with Crippen LogP contribution in [0.3, 0.4) is 0 Å². The number of benzene rings is 2. The van der Waals surface area contributed by atoms with Gasteiger partial charge in [-0.15, -0.1) is 0 Å². The summed E-state index contributed by atoms with van der Waals surface area (Å²) in [6, 6.07) is 10.4. The Hall–Kier alpha value is -2.56. The van der Waals surface area contributed by atoms with Gasteiger partial charge in [-0.3, -0.25) is 14.4 Å². The topological polar surface area (TPSA) is 94.6 Å². The number of carbonyl (C=O) groups excluding carboxylic acids is 3. The van der Waals surface area contributed by atoms with Gasteiger partial charge in [0, 0.05) is 73.6 Å². The van der Waals surface area contributed by atoms with Gasteiger partial charge in [0.25, 0.3) is 5.91 Å². The molecule has 0 spiro atoms. The smallest absolute Gasteiger partial charge is 0.254 e. The molecule has 0 bridgehead atoms. The molecule has 2 aromatic rings. The monoisotopic (exact) mass is 711 g/mol. The van der Waals surface area contributed by atoms with Crippen molar-refractivity contribution in [3.05, 3.63) is 67.6 Å². The Morgan fingerprint density at radius 2 is 1.72 bits per heavy atom. The molecule has 0 radical (unpaired) electrons. The number of rotatable bonds is 12. The fourth-order valence-corrected chi connectivity index (χ4v) is 7.24. The van der Waals surface area contributed by atoms with Crippen molar-refractivity contribution in [1.82, 2.24) is 20.0 Å². The van der Waals surface area contributed by atoms with Gasteiger partial charge in [-0.2, -0.15) is 0 Å². The van der Waals surface area contributed by atoms with Crippen LogP contribution in [0, 0.1) is 5.92 Å². The minimum atomic E-state index is -0.256. The van der Waals surface area contributed by atoms with E-state index in [1.54, 1.807) is 43.3 Å². The molecule has 2 aliphatic heterocycles. The lowest BCUT2D eigenvalue weighted by Gasteiger charge is -2.42. The number of carbonyl (C=O) groups is 3. The highest BCUT2D eigenvalue weighted by Crippen LogP contribution is 2.32. The van der Waals surface area contributed by atoms with Gasteiger partial charge in [0.05, 0.1) is 22.3 Å². The van der Waals surface area contributed by atoms with Crippen LogP contribution in [0.15, 0.2) is 41.6 Å². The second kappa shape index (κ2) is 17.0. The van der Waals surface area contributed by atoms with Crippen LogP contribution in [-0.2, 0) is 14.4 Å². The molecular formula is C33H41Cl4N5O4. The van der Waals surface area contributed by atoms with E-state index in [-0.39, 0.29) is 48.6 Å². The van der Waals surface area contributed by atoms with Crippen molar-refractivity contribution in [1.29, 1.82) is 0 Å². The SMILES string of the molecule is CNC(=O)CC1CCCN(C2CCN(CC[C@@H](/C(CN(C)C(=O)c3cc(Cl)cc(Cl)c3)=N\OC)c3ccc(Cl)c(Cl)c3)CC2)C1=O.